The van der Waals surface area contributed by atoms with Gasteiger partial charge in [-0.1, -0.05) is 25.7 Å². The summed E-state index contributed by atoms with van der Waals surface area (Å²) >= 11 is 0. The SMILES string of the molecule is COc1ccnc(-c2nc3c(c(N(C)CC(=O)C[C@@H]4CCCC[C@H]4O)n2)CCC3)c1.COc1ccnc(-c2nc3c(c(N(C)CC(=O)O)n2)CCC3)c1.N[C@@H]1CCCC[C@H]1O. The molecule has 0 bridgehead atoms. The number of carbonyl (C=O) groups excluding carboxylic acids is 1. The number of anilines is 2. The molecule has 0 spiro atoms. The van der Waals surface area contributed by atoms with E-state index in [0.29, 0.717) is 46.8 Å². The first kappa shape index (κ1) is 45.2. The number of nitrogens with two attached hydrogens (primary N) is 1. The molecule has 0 unspecified atom stereocenters. The Balaban J connectivity index is 0.000000177. The zero-order chi connectivity index (χ0) is 43.5. The van der Waals surface area contributed by atoms with Crippen LogP contribution in [0.1, 0.15) is 93.1 Å². The third kappa shape index (κ3) is 12.0. The fourth-order valence-corrected chi connectivity index (χ4v) is 8.55. The van der Waals surface area contributed by atoms with Crippen molar-refractivity contribution in [1.29, 1.82) is 0 Å². The van der Waals surface area contributed by atoms with Gasteiger partial charge in [0.25, 0.3) is 0 Å². The summed E-state index contributed by atoms with van der Waals surface area (Å²) in [6.45, 7) is 0.187. The van der Waals surface area contributed by atoms with Crippen molar-refractivity contribution in [2.45, 2.75) is 115 Å². The molecular formula is C45H61N9O7. The van der Waals surface area contributed by atoms with Gasteiger partial charge in [-0.05, 0) is 82.3 Å². The Labute approximate surface area is 358 Å². The van der Waals surface area contributed by atoms with E-state index in [-0.39, 0.29) is 43.0 Å². The Kier molecular flexibility index (Phi) is 15.9. The summed E-state index contributed by atoms with van der Waals surface area (Å²) in [5, 5.41) is 28.3. The van der Waals surface area contributed by atoms with Crippen molar-refractivity contribution in [3.05, 3.63) is 59.2 Å². The average molecular weight is 840 g/mol. The highest BCUT2D eigenvalue weighted by atomic mass is 16.5. The molecule has 4 aliphatic rings. The van der Waals surface area contributed by atoms with Crippen LogP contribution < -0.4 is 25.0 Å². The molecule has 4 atom stereocenters. The monoisotopic (exact) mass is 839 g/mol. The summed E-state index contributed by atoms with van der Waals surface area (Å²) in [4.78, 5) is 54.8. The van der Waals surface area contributed by atoms with Gasteiger partial charge in [-0.3, -0.25) is 19.6 Å². The molecule has 16 nitrogen and oxygen atoms in total. The summed E-state index contributed by atoms with van der Waals surface area (Å²) in [7, 11) is 6.86. The quantitative estimate of drug-likeness (QED) is 0.151. The van der Waals surface area contributed by atoms with Gasteiger partial charge >= 0.3 is 5.97 Å². The maximum atomic E-state index is 12.8. The number of likely N-dealkylation sites (N-methyl/N-ethyl adjacent to an activating group) is 2. The average Bonchev–Trinajstić information content (AvgIpc) is 3.95. The molecule has 2 saturated carbocycles. The van der Waals surface area contributed by atoms with Crippen LogP contribution >= 0.6 is 0 Å². The summed E-state index contributed by atoms with van der Waals surface area (Å²) < 4.78 is 10.5. The van der Waals surface area contributed by atoms with Crippen LogP contribution in [0.15, 0.2) is 36.7 Å². The van der Waals surface area contributed by atoms with E-state index in [9.17, 15) is 14.7 Å². The Hall–Kier alpha value is -5.32. The summed E-state index contributed by atoms with van der Waals surface area (Å²) in [5.41, 5.74) is 11.0. The molecule has 0 aliphatic heterocycles. The van der Waals surface area contributed by atoms with Gasteiger partial charge in [0.05, 0.1) is 33.0 Å². The second-order valence-corrected chi connectivity index (χ2v) is 16.4. The third-order valence-corrected chi connectivity index (χ3v) is 11.9. The summed E-state index contributed by atoms with van der Waals surface area (Å²) in [6, 6.07) is 7.22. The number of aliphatic hydroxyl groups is 2. The Bertz CT molecular complexity index is 2110. The number of fused-ring (bicyclic) bond motifs is 2. The molecule has 5 N–H and O–H groups in total. The summed E-state index contributed by atoms with van der Waals surface area (Å²) in [6.07, 6.45) is 17.0. The molecule has 4 heterocycles. The number of aliphatic carboxylic acids is 1. The second kappa shape index (κ2) is 21.5. The molecule has 0 radical (unpaired) electrons. The van der Waals surface area contributed by atoms with E-state index < -0.39 is 5.97 Å². The zero-order valence-electron chi connectivity index (χ0n) is 35.9. The number of Topliss-reactive ketones (excluding diaryl/α,β-unsaturated/α-hetero) is 1. The lowest BCUT2D eigenvalue weighted by molar-refractivity contribution is -0.135. The first-order chi connectivity index (χ1) is 29.4. The van der Waals surface area contributed by atoms with Gasteiger partial charge in [0.15, 0.2) is 17.4 Å². The van der Waals surface area contributed by atoms with E-state index in [4.69, 9.17) is 35.4 Å². The number of carboxylic acid groups (broad SMARTS) is 1. The van der Waals surface area contributed by atoms with E-state index >= 15 is 0 Å². The van der Waals surface area contributed by atoms with E-state index in [1.54, 1.807) is 56.8 Å². The number of ketones is 1. The highest BCUT2D eigenvalue weighted by molar-refractivity contribution is 5.84. The van der Waals surface area contributed by atoms with Crippen molar-refractivity contribution >= 4 is 23.4 Å². The second-order valence-electron chi connectivity index (χ2n) is 16.4. The minimum atomic E-state index is -0.890. The number of carboxylic acids is 1. The number of hydrogen-bond donors (Lipinski definition) is 4. The van der Waals surface area contributed by atoms with Crippen molar-refractivity contribution < 1.29 is 34.4 Å². The maximum Gasteiger partial charge on any atom is 0.323 e. The van der Waals surface area contributed by atoms with Gasteiger partial charge in [0.2, 0.25) is 0 Å². The van der Waals surface area contributed by atoms with Crippen LogP contribution in [0.25, 0.3) is 23.0 Å². The molecule has 61 heavy (non-hydrogen) atoms. The van der Waals surface area contributed by atoms with Crippen LogP contribution in [0, 0.1) is 5.92 Å². The van der Waals surface area contributed by atoms with Crippen LogP contribution in [-0.4, -0.2) is 117 Å². The standard InChI is InChI=1S/C23H30N4O3.C16H18N4O3.C6H13NO/c1-27(14-16(28)12-15-6-3-4-9-21(15)29)23-18-7-5-8-19(18)25-22(26-23)20-13-17(30-2)10-11-24-20;1-20(9-14(21)22)16-11-4-3-5-12(11)18-15(19-16)13-8-10(23-2)6-7-17-13;7-5-3-1-2-4-6(5)8/h10-11,13,15,21,29H,3-9,12,14H2,1-2H3;6-8H,3-5,9H2,1-2H3,(H,21,22);5-6,8H,1-4,7H2/t15-,21+;;5-,6-/m0.1/s1. The largest absolute Gasteiger partial charge is 0.497 e. The molecule has 16 heteroatoms. The fourth-order valence-electron chi connectivity index (χ4n) is 8.55. The lowest BCUT2D eigenvalue weighted by Gasteiger charge is -2.28. The van der Waals surface area contributed by atoms with Crippen LogP contribution in [0.5, 0.6) is 11.5 Å². The maximum absolute atomic E-state index is 12.8. The molecule has 4 aliphatic carbocycles. The normalized spacial score (nSPS) is 20.2. The van der Waals surface area contributed by atoms with Gasteiger partial charge in [-0.15, -0.1) is 0 Å². The van der Waals surface area contributed by atoms with E-state index in [0.717, 1.165) is 112 Å². The first-order valence-electron chi connectivity index (χ1n) is 21.5. The van der Waals surface area contributed by atoms with Crippen LogP contribution in [-0.2, 0) is 35.3 Å². The Morgan fingerprint density at radius 2 is 1.18 bits per heavy atom. The minimum Gasteiger partial charge on any atom is -0.497 e. The van der Waals surface area contributed by atoms with Crippen LogP contribution in [0.4, 0.5) is 11.6 Å². The number of carbonyl (C=O) groups is 2. The van der Waals surface area contributed by atoms with Gasteiger partial charge in [0.1, 0.15) is 41.1 Å². The number of nitrogens with zero attached hydrogens (tertiary/aromatic N) is 8. The lowest BCUT2D eigenvalue weighted by Crippen LogP contribution is -2.37. The van der Waals surface area contributed by atoms with Crippen molar-refractivity contribution in [1.82, 2.24) is 29.9 Å². The Morgan fingerprint density at radius 1 is 0.689 bits per heavy atom. The fraction of sp³-hybridized carbons (Fsp3) is 0.556. The molecule has 0 aromatic carbocycles. The predicted octanol–water partition coefficient (Wildman–Crippen LogP) is 4.79. The predicted molar refractivity (Wildman–Crippen MR) is 232 cm³/mol. The molecule has 4 aromatic rings. The molecule has 8 rings (SSSR count). The van der Waals surface area contributed by atoms with Gasteiger partial charge in [0, 0.05) is 73.6 Å². The minimum absolute atomic E-state index is 0.0590. The van der Waals surface area contributed by atoms with Gasteiger partial charge in [-0.25, -0.2) is 19.9 Å². The molecule has 0 amide bonds. The zero-order valence-corrected chi connectivity index (χ0v) is 35.9. The van der Waals surface area contributed by atoms with Crippen LogP contribution in [0.3, 0.4) is 0 Å². The molecule has 2 fully saturated rings. The van der Waals surface area contributed by atoms with E-state index in [1.807, 2.05) is 18.0 Å². The summed E-state index contributed by atoms with van der Waals surface area (Å²) in [5.74, 6) is 3.29. The number of pyridine rings is 2. The molecule has 328 valence electrons. The Morgan fingerprint density at radius 3 is 1.64 bits per heavy atom. The van der Waals surface area contributed by atoms with Crippen molar-refractivity contribution in [3.8, 4) is 34.5 Å². The number of aliphatic hydroxyl groups excluding tert-OH is 2. The van der Waals surface area contributed by atoms with Gasteiger partial charge in [-0.2, -0.15) is 0 Å². The smallest absolute Gasteiger partial charge is 0.323 e. The third-order valence-electron chi connectivity index (χ3n) is 11.9. The number of hydrogen-bond acceptors (Lipinski definition) is 15. The first-order valence-corrected chi connectivity index (χ1v) is 21.5. The highest BCUT2D eigenvalue weighted by Crippen LogP contribution is 2.33. The van der Waals surface area contributed by atoms with Crippen molar-refractivity contribution in [2.75, 3.05) is 51.2 Å². The van der Waals surface area contributed by atoms with E-state index in [2.05, 4.69) is 19.9 Å². The number of aryl methyl sites for hydroxylation is 2. The van der Waals surface area contributed by atoms with Crippen molar-refractivity contribution in [2.24, 2.45) is 11.7 Å². The van der Waals surface area contributed by atoms with Gasteiger partial charge < -0.3 is 40.3 Å². The molecule has 0 saturated heterocycles. The van der Waals surface area contributed by atoms with Crippen LogP contribution in [0.2, 0.25) is 0 Å². The molecule has 4 aromatic heterocycles. The number of rotatable bonds is 12. The van der Waals surface area contributed by atoms with Crippen molar-refractivity contribution in [3.63, 3.8) is 0 Å². The topological polar surface area (TPSA) is 223 Å². The molecular weight excluding hydrogens is 779 g/mol. The van der Waals surface area contributed by atoms with E-state index in [1.165, 1.54) is 6.42 Å². The number of aromatic nitrogens is 6. The highest BCUT2D eigenvalue weighted by Gasteiger charge is 2.28. The number of ether oxygens (including phenoxy) is 2. The lowest BCUT2D eigenvalue weighted by atomic mass is 9.83. The number of methoxy groups -OCH3 is 2.